The highest BCUT2D eigenvalue weighted by atomic mass is 19.1. The van der Waals surface area contributed by atoms with E-state index in [1.165, 1.54) is 73.7 Å². The van der Waals surface area contributed by atoms with Crippen LogP contribution in [0.15, 0.2) is 115 Å². The molecule has 0 aliphatic rings. The molecule has 7 nitrogen and oxygen atoms in total. The van der Waals surface area contributed by atoms with Crippen LogP contribution < -0.4 is 9.47 Å². The summed E-state index contributed by atoms with van der Waals surface area (Å²) >= 11 is 0. The minimum absolute atomic E-state index is 0.00565. The molecule has 0 amide bonds. The van der Waals surface area contributed by atoms with Crippen LogP contribution in [-0.2, 0) is 18.0 Å². The fourth-order valence-electron chi connectivity index (χ4n) is 5.49. The molecule has 5 aromatic carbocycles. The first-order valence-electron chi connectivity index (χ1n) is 16.9. The molecule has 0 spiro atoms. The summed E-state index contributed by atoms with van der Waals surface area (Å²) < 4.78 is 80.6. The van der Waals surface area contributed by atoms with Gasteiger partial charge in [-0.1, -0.05) is 24.3 Å². The highest BCUT2D eigenvalue weighted by molar-refractivity contribution is 6.00. The van der Waals surface area contributed by atoms with Gasteiger partial charge < -0.3 is 23.9 Å². The Labute approximate surface area is 313 Å². The van der Waals surface area contributed by atoms with Gasteiger partial charge in [0.25, 0.3) is 0 Å². The van der Waals surface area contributed by atoms with Crippen LogP contribution in [-0.4, -0.2) is 27.2 Å². The number of benzene rings is 5. The standard InChI is InChI=1S/C25H18F3NO3.C18H16F2O3/c1-15-2-10-23(29(15)19-8-9-22(28)20(13-19)25(30)31)21-12-18(27)7-11-24(21)32-14-16-3-5-17(26)6-4-16;1-12(21)2-8-17(22)16-10-15(20)7-9-18(16)23-11-13-3-5-14(19)6-4-13/h2-13H,14H2,1H3,(H,30,31);3-7,9-10H,2,8,11H2,1H3. The molecule has 282 valence electrons. The third-order valence-electron chi connectivity index (χ3n) is 8.29. The number of carboxylic acid groups (broad SMARTS) is 1. The maximum atomic E-state index is 14.2. The van der Waals surface area contributed by atoms with Crippen molar-refractivity contribution >= 4 is 17.5 Å². The van der Waals surface area contributed by atoms with Gasteiger partial charge in [-0.2, -0.15) is 0 Å². The number of ether oxygens (including phenoxy) is 2. The molecule has 1 heterocycles. The number of hydrogen-bond donors (Lipinski definition) is 1. The van der Waals surface area contributed by atoms with Crippen molar-refractivity contribution in [1.29, 1.82) is 0 Å². The number of hydrogen-bond acceptors (Lipinski definition) is 5. The third-order valence-corrected chi connectivity index (χ3v) is 8.29. The summed E-state index contributed by atoms with van der Waals surface area (Å²) in [7, 11) is 0. The van der Waals surface area contributed by atoms with E-state index in [2.05, 4.69) is 0 Å². The zero-order valence-electron chi connectivity index (χ0n) is 29.6. The van der Waals surface area contributed by atoms with Gasteiger partial charge >= 0.3 is 5.97 Å². The van der Waals surface area contributed by atoms with E-state index in [-0.39, 0.29) is 60.6 Å². The van der Waals surface area contributed by atoms with Gasteiger partial charge in [0.15, 0.2) is 5.78 Å². The topological polar surface area (TPSA) is 94.8 Å². The molecule has 0 saturated carbocycles. The molecule has 1 aromatic heterocycles. The van der Waals surface area contributed by atoms with Crippen LogP contribution in [0.4, 0.5) is 22.0 Å². The average molecular weight is 756 g/mol. The summed E-state index contributed by atoms with van der Waals surface area (Å²) in [6.45, 7) is 3.45. The van der Waals surface area contributed by atoms with Crippen molar-refractivity contribution in [2.45, 2.75) is 39.9 Å². The first kappa shape index (κ1) is 39.6. The quantitative estimate of drug-likeness (QED) is 0.0932. The molecule has 12 heteroatoms. The molecule has 1 N–H and O–H groups in total. The summed E-state index contributed by atoms with van der Waals surface area (Å²) in [5.74, 6) is -3.81. The number of ketones is 2. The number of aromatic nitrogens is 1. The van der Waals surface area contributed by atoms with Gasteiger partial charge in [-0.15, -0.1) is 0 Å². The lowest BCUT2D eigenvalue weighted by Crippen LogP contribution is -2.06. The van der Waals surface area contributed by atoms with Crippen molar-refractivity contribution in [3.05, 3.63) is 172 Å². The van der Waals surface area contributed by atoms with Crippen molar-refractivity contribution in [3.63, 3.8) is 0 Å². The number of rotatable bonds is 13. The Hall–Kier alpha value is -6.56. The molecule has 6 rings (SSSR count). The number of carbonyl (C=O) groups is 3. The Morgan fingerprint density at radius 1 is 0.600 bits per heavy atom. The number of carboxylic acids is 1. The highest BCUT2D eigenvalue weighted by Crippen LogP contribution is 2.35. The van der Waals surface area contributed by atoms with Gasteiger partial charge in [-0.25, -0.2) is 26.7 Å². The molecule has 0 saturated heterocycles. The molecular weight excluding hydrogens is 721 g/mol. The van der Waals surface area contributed by atoms with E-state index in [1.54, 1.807) is 47.9 Å². The Morgan fingerprint density at radius 2 is 1.15 bits per heavy atom. The fraction of sp³-hybridized carbons (Fsp3) is 0.140. The monoisotopic (exact) mass is 755 g/mol. The number of Topliss-reactive ketones (excluding diaryl/α,β-unsaturated/α-hetero) is 2. The van der Waals surface area contributed by atoms with Gasteiger partial charge in [0, 0.05) is 29.8 Å². The normalized spacial score (nSPS) is 10.7. The van der Waals surface area contributed by atoms with Crippen molar-refractivity contribution in [3.8, 4) is 28.4 Å². The van der Waals surface area contributed by atoms with Crippen LogP contribution in [0.5, 0.6) is 11.5 Å². The maximum Gasteiger partial charge on any atom is 0.338 e. The van der Waals surface area contributed by atoms with E-state index < -0.39 is 29.0 Å². The largest absolute Gasteiger partial charge is 0.488 e. The minimum atomic E-state index is -1.38. The molecule has 0 radical (unpaired) electrons. The van der Waals surface area contributed by atoms with Crippen LogP contribution in [0.25, 0.3) is 16.9 Å². The van der Waals surface area contributed by atoms with Crippen LogP contribution in [0.2, 0.25) is 0 Å². The van der Waals surface area contributed by atoms with Crippen molar-refractivity contribution in [1.82, 2.24) is 4.57 Å². The lowest BCUT2D eigenvalue weighted by atomic mass is 10.0. The fourth-order valence-corrected chi connectivity index (χ4v) is 5.49. The number of nitrogens with zero attached hydrogens (tertiary/aromatic N) is 1. The first-order valence-corrected chi connectivity index (χ1v) is 16.9. The summed E-state index contributed by atoms with van der Waals surface area (Å²) in [4.78, 5) is 34.5. The van der Waals surface area contributed by atoms with E-state index in [0.717, 1.165) is 29.0 Å². The van der Waals surface area contributed by atoms with E-state index in [4.69, 9.17) is 9.47 Å². The summed E-state index contributed by atoms with van der Waals surface area (Å²) in [6, 6.07) is 26.6. The zero-order valence-corrected chi connectivity index (χ0v) is 29.6. The minimum Gasteiger partial charge on any atom is -0.488 e. The summed E-state index contributed by atoms with van der Waals surface area (Å²) in [5, 5.41) is 9.28. The summed E-state index contributed by atoms with van der Waals surface area (Å²) in [6.07, 6.45) is 0.110. The summed E-state index contributed by atoms with van der Waals surface area (Å²) in [5.41, 5.74) is 3.21. The SMILES string of the molecule is CC(=O)CCC(=O)c1cc(F)ccc1OCc1ccc(F)cc1.Cc1ccc(-c2cc(F)ccc2OCc2ccc(F)cc2)n1-c1ccc(F)c(C(=O)O)c1. The molecule has 0 fully saturated rings. The average Bonchev–Trinajstić information content (AvgIpc) is 3.55. The van der Waals surface area contributed by atoms with Gasteiger partial charge in [0.1, 0.15) is 59.6 Å². The molecule has 0 bridgehead atoms. The Kier molecular flexibility index (Phi) is 13.0. The smallest absolute Gasteiger partial charge is 0.338 e. The van der Waals surface area contributed by atoms with E-state index in [0.29, 0.717) is 22.7 Å². The lowest BCUT2D eigenvalue weighted by molar-refractivity contribution is -0.117. The lowest BCUT2D eigenvalue weighted by Gasteiger charge is -2.16. The highest BCUT2D eigenvalue weighted by Gasteiger charge is 2.19. The van der Waals surface area contributed by atoms with Gasteiger partial charge in [0.2, 0.25) is 0 Å². The molecule has 6 aromatic rings. The Balaban J connectivity index is 0.000000223. The Morgan fingerprint density at radius 3 is 1.73 bits per heavy atom. The molecular formula is C43H34F5NO6. The van der Waals surface area contributed by atoms with Crippen molar-refractivity contribution < 1.29 is 50.9 Å². The molecule has 55 heavy (non-hydrogen) atoms. The van der Waals surface area contributed by atoms with Gasteiger partial charge in [0.05, 0.1) is 16.8 Å². The molecule has 0 unspecified atom stereocenters. The van der Waals surface area contributed by atoms with Crippen molar-refractivity contribution in [2.24, 2.45) is 0 Å². The third kappa shape index (κ3) is 10.5. The van der Waals surface area contributed by atoms with Crippen LogP contribution in [0.1, 0.15) is 57.3 Å². The van der Waals surface area contributed by atoms with E-state index in [1.807, 2.05) is 0 Å². The van der Waals surface area contributed by atoms with Crippen molar-refractivity contribution in [2.75, 3.05) is 0 Å². The second-order valence-electron chi connectivity index (χ2n) is 12.4. The van der Waals surface area contributed by atoms with Gasteiger partial charge in [-0.05, 0) is 116 Å². The molecule has 0 aliphatic heterocycles. The number of halogens is 5. The van der Waals surface area contributed by atoms with Gasteiger partial charge in [-0.3, -0.25) is 4.79 Å². The zero-order chi connectivity index (χ0) is 39.6. The predicted molar refractivity (Wildman–Crippen MR) is 195 cm³/mol. The number of aromatic carboxylic acids is 1. The number of aryl methyl sites for hydroxylation is 1. The van der Waals surface area contributed by atoms with Crippen LogP contribution in [0, 0.1) is 36.0 Å². The molecule has 0 atom stereocenters. The van der Waals surface area contributed by atoms with E-state index >= 15 is 0 Å². The predicted octanol–water partition coefficient (Wildman–Crippen LogP) is 10.2. The second-order valence-corrected chi connectivity index (χ2v) is 12.4. The Bertz CT molecular complexity index is 2320. The van der Waals surface area contributed by atoms with E-state index in [9.17, 15) is 41.4 Å². The van der Waals surface area contributed by atoms with Crippen LogP contribution >= 0.6 is 0 Å². The molecule has 0 aliphatic carbocycles. The van der Waals surface area contributed by atoms with Crippen LogP contribution in [0.3, 0.4) is 0 Å². The number of carbonyl (C=O) groups excluding carboxylic acids is 2. The second kappa shape index (κ2) is 18.0. The first-order chi connectivity index (χ1) is 26.3. The maximum absolute atomic E-state index is 14.2.